The van der Waals surface area contributed by atoms with Crippen LogP contribution in [0.5, 0.6) is 0 Å². The first-order chi connectivity index (χ1) is 13.7. The summed E-state index contributed by atoms with van der Waals surface area (Å²) in [5, 5.41) is 9.65. The number of benzene rings is 2. The van der Waals surface area contributed by atoms with E-state index >= 15 is 0 Å². The van der Waals surface area contributed by atoms with Crippen molar-refractivity contribution in [1.82, 2.24) is 9.55 Å². The maximum atomic E-state index is 12.2. The Morgan fingerprint density at radius 2 is 1.86 bits per heavy atom. The first kappa shape index (κ1) is 20.4. The highest BCUT2D eigenvalue weighted by atomic mass is 19.4. The van der Waals surface area contributed by atoms with Gasteiger partial charge in [0.2, 0.25) is 0 Å². The van der Waals surface area contributed by atoms with Crippen LogP contribution in [0.1, 0.15) is 15.9 Å². The molecule has 0 aliphatic heterocycles. The largest absolute Gasteiger partial charge is 0.562 e. The normalized spacial score (nSPS) is 11.3. The number of rotatable bonds is 5. The second kappa shape index (κ2) is 7.96. The SMILES string of the molecule is COC(=O)c1ccc2ncn(Cc3ccc(B(O)OC(=O)C(F)(F)F)cc3)c2c1. The van der Waals surface area contributed by atoms with Crippen molar-refractivity contribution in [2.24, 2.45) is 0 Å². The fraction of sp³-hybridized carbons (Fsp3) is 0.167. The molecule has 1 N–H and O–H groups in total. The molecule has 1 aromatic heterocycles. The third-order valence-electron chi connectivity index (χ3n) is 4.11. The molecule has 0 saturated heterocycles. The number of ether oxygens (including phenoxy) is 1. The summed E-state index contributed by atoms with van der Waals surface area (Å²) in [5.41, 5.74) is 2.47. The molecular formula is C18H14BF3N2O5. The summed E-state index contributed by atoms with van der Waals surface area (Å²) in [6.07, 6.45) is -3.61. The van der Waals surface area contributed by atoms with Gasteiger partial charge in [-0.05, 0) is 29.2 Å². The fourth-order valence-electron chi connectivity index (χ4n) is 2.65. The number of fused-ring (bicyclic) bond motifs is 1. The van der Waals surface area contributed by atoms with Crippen molar-refractivity contribution in [1.29, 1.82) is 0 Å². The Balaban J connectivity index is 1.76. The molecule has 3 rings (SSSR count). The standard InChI is InChI=1S/C18H14BF3N2O5/c1-28-16(25)12-4-7-14-15(8-12)24(10-23-14)9-11-2-5-13(6-3-11)19(27)29-17(26)18(20,21)22/h2-8,10,27H,9H2,1H3. The van der Waals surface area contributed by atoms with E-state index in [4.69, 9.17) is 4.74 Å². The number of imidazole rings is 1. The van der Waals surface area contributed by atoms with Crippen molar-refractivity contribution in [3.8, 4) is 0 Å². The Morgan fingerprint density at radius 3 is 2.48 bits per heavy atom. The van der Waals surface area contributed by atoms with Crippen LogP contribution in [0.2, 0.25) is 0 Å². The molecule has 0 unspecified atom stereocenters. The van der Waals surface area contributed by atoms with Crippen molar-refractivity contribution in [3.05, 3.63) is 59.9 Å². The number of carbonyl (C=O) groups is 2. The zero-order valence-electron chi connectivity index (χ0n) is 15.0. The minimum Gasteiger partial charge on any atom is -0.499 e. The van der Waals surface area contributed by atoms with Crippen LogP contribution >= 0.6 is 0 Å². The summed E-state index contributed by atoms with van der Waals surface area (Å²) >= 11 is 0. The average molecular weight is 406 g/mol. The lowest BCUT2D eigenvalue weighted by molar-refractivity contribution is -0.190. The number of hydrogen-bond donors (Lipinski definition) is 1. The van der Waals surface area contributed by atoms with Crippen molar-refractivity contribution in [2.45, 2.75) is 12.7 Å². The van der Waals surface area contributed by atoms with E-state index in [-0.39, 0.29) is 5.46 Å². The lowest BCUT2D eigenvalue weighted by Gasteiger charge is -2.11. The molecule has 0 spiro atoms. The van der Waals surface area contributed by atoms with E-state index in [1.54, 1.807) is 41.2 Å². The molecule has 0 atom stereocenters. The monoisotopic (exact) mass is 406 g/mol. The van der Waals surface area contributed by atoms with E-state index < -0.39 is 25.2 Å². The topological polar surface area (TPSA) is 90.7 Å². The third-order valence-corrected chi connectivity index (χ3v) is 4.11. The Labute approximate surface area is 162 Å². The predicted octanol–water partition coefficient (Wildman–Crippen LogP) is 1.66. The molecule has 150 valence electrons. The van der Waals surface area contributed by atoms with Gasteiger partial charge in [-0.15, -0.1) is 0 Å². The molecule has 0 aliphatic rings. The molecule has 2 aromatic carbocycles. The second-order valence-electron chi connectivity index (χ2n) is 6.06. The fourth-order valence-corrected chi connectivity index (χ4v) is 2.65. The van der Waals surface area contributed by atoms with Crippen LogP contribution in [0.15, 0.2) is 48.8 Å². The number of aromatic nitrogens is 2. The van der Waals surface area contributed by atoms with E-state index in [0.29, 0.717) is 23.1 Å². The van der Waals surface area contributed by atoms with E-state index in [9.17, 15) is 27.8 Å². The Bertz CT molecular complexity index is 1050. The Hall–Kier alpha value is -3.34. The summed E-state index contributed by atoms with van der Waals surface area (Å²) in [6.45, 7) is 0.347. The quantitative estimate of drug-likeness (QED) is 0.512. The Kier molecular flexibility index (Phi) is 5.60. The molecule has 3 aromatic rings. The van der Waals surface area contributed by atoms with Crippen LogP contribution in [0.3, 0.4) is 0 Å². The summed E-state index contributed by atoms with van der Waals surface area (Å²) in [5.74, 6) is -2.95. The summed E-state index contributed by atoms with van der Waals surface area (Å²) < 4.78 is 47.1. The third kappa shape index (κ3) is 4.57. The minimum absolute atomic E-state index is 0.00480. The van der Waals surface area contributed by atoms with Gasteiger partial charge in [0, 0.05) is 6.54 Å². The molecule has 0 radical (unpaired) electrons. The average Bonchev–Trinajstić information content (AvgIpc) is 3.09. The maximum absolute atomic E-state index is 12.2. The van der Waals surface area contributed by atoms with Crippen LogP contribution in [-0.4, -0.2) is 46.9 Å². The van der Waals surface area contributed by atoms with Crippen molar-refractivity contribution >= 4 is 35.6 Å². The van der Waals surface area contributed by atoms with Crippen molar-refractivity contribution in [2.75, 3.05) is 7.11 Å². The molecule has 7 nitrogen and oxygen atoms in total. The predicted molar refractivity (Wildman–Crippen MR) is 96.4 cm³/mol. The van der Waals surface area contributed by atoms with Gasteiger partial charge in [0.1, 0.15) is 0 Å². The highest BCUT2D eigenvalue weighted by Gasteiger charge is 2.43. The first-order valence-electron chi connectivity index (χ1n) is 8.27. The number of carbonyl (C=O) groups excluding carboxylic acids is 2. The van der Waals surface area contributed by atoms with Crippen LogP contribution in [0.25, 0.3) is 11.0 Å². The maximum Gasteiger partial charge on any atom is 0.562 e. The summed E-state index contributed by atoms with van der Waals surface area (Å²) in [6, 6.07) is 10.8. The number of hydrogen-bond acceptors (Lipinski definition) is 6. The number of alkyl halides is 3. The number of halogens is 3. The second-order valence-corrected chi connectivity index (χ2v) is 6.06. The van der Waals surface area contributed by atoms with E-state index in [2.05, 4.69) is 9.64 Å². The first-order valence-corrected chi connectivity index (χ1v) is 8.27. The Morgan fingerprint density at radius 1 is 1.17 bits per heavy atom. The molecule has 0 saturated carbocycles. The highest BCUT2D eigenvalue weighted by molar-refractivity contribution is 6.61. The molecule has 0 aliphatic carbocycles. The van der Waals surface area contributed by atoms with E-state index in [0.717, 1.165) is 5.56 Å². The molecule has 29 heavy (non-hydrogen) atoms. The number of nitrogens with zero attached hydrogens (tertiary/aromatic N) is 2. The summed E-state index contributed by atoms with van der Waals surface area (Å²) in [4.78, 5) is 26.8. The number of esters is 1. The lowest BCUT2D eigenvalue weighted by atomic mass is 9.79. The van der Waals surface area contributed by atoms with Crippen LogP contribution in [-0.2, 0) is 20.7 Å². The van der Waals surface area contributed by atoms with E-state index in [1.807, 2.05) is 0 Å². The van der Waals surface area contributed by atoms with Crippen LogP contribution in [0, 0.1) is 0 Å². The molecule has 0 fully saturated rings. The molecule has 1 heterocycles. The van der Waals surface area contributed by atoms with Gasteiger partial charge >= 0.3 is 25.2 Å². The molecule has 0 bridgehead atoms. The van der Waals surface area contributed by atoms with Gasteiger partial charge in [-0.2, -0.15) is 13.2 Å². The van der Waals surface area contributed by atoms with Gasteiger partial charge in [0.15, 0.2) is 0 Å². The van der Waals surface area contributed by atoms with Gasteiger partial charge in [0.25, 0.3) is 0 Å². The molecule has 0 amide bonds. The molecule has 11 heteroatoms. The minimum atomic E-state index is -5.19. The van der Waals surface area contributed by atoms with Gasteiger partial charge in [0.05, 0.1) is 30.0 Å². The van der Waals surface area contributed by atoms with Crippen LogP contribution < -0.4 is 5.46 Å². The van der Waals surface area contributed by atoms with Gasteiger partial charge in [-0.3, -0.25) is 0 Å². The zero-order chi connectivity index (χ0) is 21.2. The molecular weight excluding hydrogens is 392 g/mol. The van der Waals surface area contributed by atoms with Gasteiger partial charge in [-0.25, -0.2) is 14.6 Å². The number of methoxy groups -OCH3 is 1. The smallest absolute Gasteiger partial charge is 0.499 e. The van der Waals surface area contributed by atoms with Crippen molar-refractivity contribution < 1.29 is 37.2 Å². The van der Waals surface area contributed by atoms with Gasteiger partial charge in [-0.1, -0.05) is 24.3 Å². The zero-order valence-corrected chi connectivity index (χ0v) is 15.0. The highest BCUT2D eigenvalue weighted by Crippen LogP contribution is 2.18. The van der Waals surface area contributed by atoms with E-state index in [1.165, 1.54) is 19.2 Å². The van der Waals surface area contributed by atoms with Crippen LogP contribution in [0.4, 0.5) is 13.2 Å². The lowest BCUT2D eigenvalue weighted by Crippen LogP contribution is -2.40. The van der Waals surface area contributed by atoms with Gasteiger partial charge < -0.3 is 19.0 Å². The summed E-state index contributed by atoms with van der Waals surface area (Å²) in [7, 11) is -0.749. The van der Waals surface area contributed by atoms with Crippen molar-refractivity contribution in [3.63, 3.8) is 0 Å².